The van der Waals surface area contributed by atoms with E-state index < -0.39 is 0 Å². The summed E-state index contributed by atoms with van der Waals surface area (Å²) in [5, 5.41) is 0. The molecular weight excluding hydrogens is 444 g/mol. The van der Waals surface area contributed by atoms with Crippen molar-refractivity contribution in [2.24, 2.45) is 51.8 Å². The molecule has 0 aromatic carbocycles. The van der Waals surface area contributed by atoms with Gasteiger partial charge >= 0.3 is 0 Å². The van der Waals surface area contributed by atoms with Crippen molar-refractivity contribution in [3.63, 3.8) is 0 Å². The molecule has 0 radical (unpaired) electrons. The highest BCUT2D eigenvalue weighted by molar-refractivity contribution is 5.13. The first kappa shape index (κ1) is 28.5. The van der Waals surface area contributed by atoms with E-state index in [1.54, 1.807) is 70.6 Å². The lowest BCUT2D eigenvalue weighted by atomic mass is 9.35. The van der Waals surface area contributed by atoms with Crippen LogP contribution in [0.4, 0.5) is 0 Å². The molecule has 0 aromatic rings. The normalized spacial score (nSPS) is 43.0. The molecule has 0 amide bonds. The van der Waals surface area contributed by atoms with Gasteiger partial charge in [0.25, 0.3) is 0 Å². The highest BCUT2D eigenvalue weighted by Crippen LogP contribution is 2.72. The summed E-state index contributed by atoms with van der Waals surface area (Å²) in [4.78, 5) is 0. The zero-order valence-corrected chi connectivity index (χ0v) is 25.9. The third-order valence-electron chi connectivity index (χ3n) is 14.5. The molecule has 0 saturated heterocycles. The fraction of sp³-hybridized carbons (Fsp3) is 1.00. The quantitative estimate of drug-likeness (QED) is 0.285. The van der Waals surface area contributed by atoms with Gasteiger partial charge in [-0.3, -0.25) is 0 Å². The molecule has 0 N–H and O–H groups in total. The second-order valence-corrected chi connectivity index (χ2v) is 16.1. The van der Waals surface area contributed by atoms with Gasteiger partial charge < -0.3 is 0 Å². The number of rotatable bonds is 8. The molecule has 5 fully saturated rings. The summed E-state index contributed by atoms with van der Waals surface area (Å²) in [6.07, 6.45) is 36.7. The summed E-state index contributed by atoms with van der Waals surface area (Å²) < 4.78 is 0. The molecule has 0 bridgehead atoms. The summed E-state index contributed by atoms with van der Waals surface area (Å²) >= 11 is 0. The molecule has 214 valence electrons. The van der Waals surface area contributed by atoms with Gasteiger partial charge in [-0.25, -0.2) is 0 Å². The third-order valence-corrected chi connectivity index (χ3v) is 14.5. The molecule has 6 atom stereocenters. The molecule has 6 unspecified atom stereocenters. The Morgan fingerprint density at radius 2 is 1.05 bits per heavy atom. The van der Waals surface area contributed by atoms with Crippen LogP contribution in [0.1, 0.15) is 182 Å². The molecular formula is C37H66. The van der Waals surface area contributed by atoms with Gasteiger partial charge in [0.05, 0.1) is 0 Å². The fourth-order valence-corrected chi connectivity index (χ4v) is 12.5. The fourth-order valence-electron chi connectivity index (χ4n) is 12.5. The average molecular weight is 511 g/mol. The summed E-state index contributed by atoms with van der Waals surface area (Å²) in [7, 11) is 0. The van der Waals surface area contributed by atoms with Crippen molar-refractivity contribution in [2.45, 2.75) is 182 Å². The van der Waals surface area contributed by atoms with Gasteiger partial charge in [-0.05, 0) is 116 Å². The van der Waals surface area contributed by atoms with Crippen LogP contribution in [0.5, 0.6) is 0 Å². The van der Waals surface area contributed by atoms with Crippen LogP contribution in [0.15, 0.2) is 0 Å². The summed E-state index contributed by atoms with van der Waals surface area (Å²) in [6, 6.07) is 0. The second kappa shape index (κ2) is 12.2. The topological polar surface area (TPSA) is 0 Å². The van der Waals surface area contributed by atoms with E-state index in [1.807, 2.05) is 0 Å². The van der Waals surface area contributed by atoms with Crippen LogP contribution in [0, 0.1) is 51.8 Å². The summed E-state index contributed by atoms with van der Waals surface area (Å²) in [5.74, 6) is 6.07. The Kier molecular flexibility index (Phi) is 9.44. The molecule has 5 aliphatic rings. The van der Waals surface area contributed by atoms with Gasteiger partial charge in [0.15, 0.2) is 0 Å². The van der Waals surface area contributed by atoms with Crippen LogP contribution < -0.4 is 0 Å². The van der Waals surface area contributed by atoms with Crippen molar-refractivity contribution in [1.82, 2.24) is 0 Å². The predicted molar refractivity (Wildman–Crippen MR) is 162 cm³/mol. The minimum atomic E-state index is 0.591. The zero-order valence-electron chi connectivity index (χ0n) is 25.9. The molecule has 37 heavy (non-hydrogen) atoms. The minimum absolute atomic E-state index is 0.591. The standard InChI is InChI=1S/C37H66/c1-5-6-7-17-26-34-36(3,30-21-13-9-14-22-30)28-33-32(37(34,4)31-23-15-10-16-24-31)25-18-27-35(33,2)29-19-11-8-12-20-29/h29-34H,5-28H2,1-4H3. The van der Waals surface area contributed by atoms with E-state index in [0.717, 1.165) is 35.5 Å². The van der Waals surface area contributed by atoms with Crippen molar-refractivity contribution < 1.29 is 0 Å². The molecule has 0 heterocycles. The Labute approximate surface area is 233 Å². The molecule has 0 aliphatic heterocycles. The monoisotopic (exact) mass is 511 g/mol. The van der Waals surface area contributed by atoms with Gasteiger partial charge in [-0.2, -0.15) is 0 Å². The van der Waals surface area contributed by atoms with Crippen LogP contribution >= 0.6 is 0 Å². The van der Waals surface area contributed by atoms with Gasteiger partial charge in [-0.15, -0.1) is 0 Å². The maximum absolute atomic E-state index is 2.96. The molecule has 0 spiro atoms. The lowest BCUT2D eigenvalue weighted by molar-refractivity contribution is -0.207. The Morgan fingerprint density at radius 1 is 0.514 bits per heavy atom. The van der Waals surface area contributed by atoms with Crippen LogP contribution in [0.2, 0.25) is 0 Å². The van der Waals surface area contributed by atoms with Crippen LogP contribution in [-0.2, 0) is 0 Å². The van der Waals surface area contributed by atoms with E-state index in [2.05, 4.69) is 27.7 Å². The molecule has 0 nitrogen and oxygen atoms in total. The highest BCUT2D eigenvalue weighted by Gasteiger charge is 2.64. The first-order valence-electron chi connectivity index (χ1n) is 17.9. The van der Waals surface area contributed by atoms with E-state index in [9.17, 15) is 0 Å². The average Bonchev–Trinajstić information content (AvgIpc) is 2.95. The summed E-state index contributed by atoms with van der Waals surface area (Å²) in [5.41, 5.74) is 1.81. The van der Waals surface area contributed by atoms with Gasteiger partial charge in [0, 0.05) is 0 Å². The van der Waals surface area contributed by atoms with Gasteiger partial charge in [-0.1, -0.05) is 118 Å². The number of hydrogen-bond acceptors (Lipinski definition) is 0. The Balaban J connectivity index is 1.56. The predicted octanol–water partition coefficient (Wildman–Crippen LogP) is 12.2. The molecule has 0 heteroatoms. The molecule has 0 aromatic heterocycles. The van der Waals surface area contributed by atoms with E-state index >= 15 is 0 Å². The Morgan fingerprint density at radius 3 is 1.62 bits per heavy atom. The molecule has 5 aliphatic carbocycles. The van der Waals surface area contributed by atoms with E-state index in [1.165, 1.54) is 83.5 Å². The third kappa shape index (κ3) is 5.37. The highest BCUT2D eigenvalue weighted by atomic mass is 14.7. The molecule has 5 rings (SSSR count). The number of hydrogen-bond donors (Lipinski definition) is 0. The van der Waals surface area contributed by atoms with E-state index in [-0.39, 0.29) is 0 Å². The Bertz CT molecular complexity index is 691. The van der Waals surface area contributed by atoms with Crippen molar-refractivity contribution >= 4 is 0 Å². The van der Waals surface area contributed by atoms with Crippen molar-refractivity contribution in [3.8, 4) is 0 Å². The SMILES string of the molecule is CCCCCCC1C(C)(C2CCCCC2)CC2C(CCCC2(C)C2CCCCC2)C1(C)C1CCCCC1. The Hall–Kier alpha value is 0. The minimum Gasteiger partial charge on any atom is -0.0654 e. The first-order valence-corrected chi connectivity index (χ1v) is 17.9. The van der Waals surface area contributed by atoms with Crippen molar-refractivity contribution in [3.05, 3.63) is 0 Å². The van der Waals surface area contributed by atoms with Gasteiger partial charge in [0.2, 0.25) is 0 Å². The first-order chi connectivity index (χ1) is 17.9. The van der Waals surface area contributed by atoms with Crippen molar-refractivity contribution in [1.29, 1.82) is 0 Å². The van der Waals surface area contributed by atoms with Crippen LogP contribution in [-0.4, -0.2) is 0 Å². The van der Waals surface area contributed by atoms with Gasteiger partial charge in [0.1, 0.15) is 0 Å². The number of unbranched alkanes of at least 4 members (excludes halogenated alkanes) is 3. The largest absolute Gasteiger partial charge is 0.0654 e. The summed E-state index contributed by atoms with van der Waals surface area (Å²) in [6.45, 7) is 11.1. The van der Waals surface area contributed by atoms with Crippen molar-refractivity contribution in [2.75, 3.05) is 0 Å². The van der Waals surface area contributed by atoms with Crippen LogP contribution in [0.3, 0.4) is 0 Å². The maximum atomic E-state index is 2.96. The smallest absolute Gasteiger partial charge is 0.0233 e. The molecule has 5 saturated carbocycles. The van der Waals surface area contributed by atoms with E-state index in [4.69, 9.17) is 0 Å². The maximum Gasteiger partial charge on any atom is -0.0233 e. The second-order valence-electron chi connectivity index (χ2n) is 16.1. The zero-order chi connectivity index (χ0) is 25.9. The van der Waals surface area contributed by atoms with E-state index in [0.29, 0.717) is 16.2 Å². The lowest BCUT2D eigenvalue weighted by Crippen LogP contribution is -2.62. The number of fused-ring (bicyclic) bond motifs is 1. The lowest BCUT2D eigenvalue weighted by Gasteiger charge is -2.69. The van der Waals surface area contributed by atoms with Crippen LogP contribution in [0.25, 0.3) is 0 Å².